The molecule has 1 unspecified atom stereocenters. The first kappa shape index (κ1) is 28.2. The number of aryl methyl sites for hydroxylation is 2. The lowest BCUT2D eigenvalue weighted by Crippen LogP contribution is -2.36. The van der Waals surface area contributed by atoms with Crippen LogP contribution in [0.15, 0.2) is 24.3 Å². The Morgan fingerprint density at radius 2 is 1.88 bits per heavy atom. The number of rotatable bonds is 4. The van der Waals surface area contributed by atoms with E-state index in [1.165, 1.54) is 12.1 Å². The number of likely N-dealkylation sites (N-methyl/N-ethyl adjacent to an activating group) is 1. The number of amides is 1. The zero-order chi connectivity index (χ0) is 25.2. The molecule has 1 fully saturated rings. The standard InChI is InChI=1S/C18H21FN4O.C5H10O2.C2H6/c1-11-8-17(21-12(2)20-11)13-4-5-15(16(19)9-13)18(24)22-14-6-7-23(3)10-14;1-5(2,3)7-4-6;1-2/h4-5,8-9,14H,6-7,10H2,1-3H3,(H,22,24);4H,1-3H3;1-2H3. The van der Waals surface area contributed by atoms with Gasteiger partial charge >= 0.3 is 0 Å². The second-order valence-corrected chi connectivity index (χ2v) is 8.68. The number of halogens is 1. The fourth-order valence-corrected chi connectivity index (χ4v) is 3.18. The summed E-state index contributed by atoms with van der Waals surface area (Å²) in [6, 6.07) is 6.48. The van der Waals surface area contributed by atoms with E-state index < -0.39 is 5.82 Å². The van der Waals surface area contributed by atoms with Crippen LogP contribution < -0.4 is 5.32 Å². The number of ether oxygens (including phenoxy) is 1. The lowest BCUT2D eigenvalue weighted by Gasteiger charge is -2.14. The van der Waals surface area contributed by atoms with Gasteiger partial charge in [-0.25, -0.2) is 14.4 Å². The van der Waals surface area contributed by atoms with Crippen LogP contribution in [0, 0.1) is 19.7 Å². The van der Waals surface area contributed by atoms with Crippen molar-refractivity contribution in [1.29, 1.82) is 0 Å². The first-order valence-electron chi connectivity index (χ1n) is 11.2. The molecule has 1 saturated heterocycles. The first-order valence-corrected chi connectivity index (χ1v) is 11.2. The molecule has 1 atom stereocenters. The monoisotopic (exact) mass is 460 g/mol. The van der Waals surface area contributed by atoms with Gasteiger partial charge in [-0.1, -0.05) is 19.9 Å². The Labute approximate surface area is 196 Å². The first-order chi connectivity index (χ1) is 15.5. The van der Waals surface area contributed by atoms with Crippen LogP contribution >= 0.6 is 0 Å². The van der Waals surface area contributed by atoms with E-state index in [2.05, 4.69) is 24.9 Å². The summed E-state index contributed by atoms with van der Waals surface area (Å²) in [6.07, 6.45) is 0.890. The van der Waals surface area contributed by atoms with Gasteiger partial charge in [0.05, 0.1) is 11.3 Å². The summed E-state index contributed by atoms with van der Waals surface area (Å²) in [5.41, 5.74) is 1.87. The van der Waals surface area contributed by atoms with Gasteiger partial charge in [-0.15, -0.1) is 0 Å². The second-order valence-electron chi connectivity index (χ2n) is 8.68. The lowest BCUT2D eigenvalue weighted by atomic mass is 10.1. The molecular formula is C25H37FN4O3. The van der Waals surface area contributed by atoms with Gasteiger partial charge in [0.1, 0.15) is 17.2 Å². The summed E-state index contributed by atoms with van der Waals surface area (Å²) in [6.45, 7) is 15.3. The van der Waals surface area contributed by atoms with E-state index in [9.17, 15) is 14.0 Å². The third-order valence-corrected chi connectivity index (χ3v) is 4.60. The quantitative estimate of drug-likeness (QED) is 0.684. The van der Waals surface area contributed by atoms with E-state index >= 15 is 0 Å². The van der Waals surface area contributed by atoms with Gasteiger partial charge in [-0.05, 0) is 72.8 Å². The maximum absolute atomic E-state index is 14.4. The third kappa shape index (κ3) is 9.65. The highest BCUT2D eigenvalue weighted by atomic mass is 19.1. The van der Waals surface area contributed by atoms with E-state index in [1.54, 1.807) is 19.1 Å². The normalized spacial score (nSPS) is 15.5. The molecule has 0 aliphatic carbocycles. The lowest BCUT2D eigenvalue weighted by molar-refractivity contribution is -0.138. The number of carbonyl (C=O) groups excluding carboxylic acids is 2. The van der Waals surface area contributed by atoms with Crippen LogP contribution in [0.2, 0.25) is 0 Å². The van der Waals surface area contributed by atoms with Crippen LogP contribution in [0.25, 0.3) is 11.3 Å². The predicted octanol–water partition coefficient (Wildman–Crippen LogP) is 4.32. The summed E-state index contributed by atoms with van der Waals surface area (Å²) in [5, 5.41) is 2.90. The molecule has 1 aromatic carbocycles. The van der Waals surface area contributed by atoms with Crippen molar-refractivity contribution in [2.45, 2.75) is 66.5 Å². The molecule has 2 heterocycles. The summed E-state index contributed by atoms with van der Waals surface area (Å²) in [4.78, 5) is 32.6. The minimum Gasteiger partial charge on any atom is -0.462 e. The van der Waals surface area contributed by atoms with Gasteiger partial charge in [0.15, 0.2) is 0 Å². The number of aromatic nitrogens is 2. The Balaban J connectivity index is 0.000000520. The van der Waals surface area contributed by atoms with Gasteiger partial charge < -0.3 is 15.0 Å². The van der Waals surface area contributed by atoms with Crippen molar-refractivity contribution in [1.82, 2.24) is 20.2 Å². The van der Waals surface area contributed by atoms with Crippen LogP contribution in [-0.4, -0.2) is 59.0 Å². The van der Waals surface area contributed by atoms with Crippen LogP contribution in [0.5, 0.6) is 0 Å². The average Bonchev–Trinajstić information content (AvgIpc) is 3.12. The molecule has 1 aliphatic rings. The topological polar surface area (TPSA) is 84.4 Å². The summed E-state index contributed by atoms with van der Waals surface area (Å²) >= 11 is 0. The van der Waals surface area contributed by atoms with Gasteiger partial charge in [0.25, 0.3) is 12.4 Å². The number of nitrogens with zero attached hydrogens (tertiary/aromatic N) is 3. The average molecular weight is 461 g/mol. The Kier molecular flexibility index (Phi) is 11.1. The van der Waals surface area contributed by atoms with Gasteiger partial charge in [0, 0.05) is 23.8 Å². The molecule has 0 bridgehead atoms. The molecule has 0 saturated carbocycles. The van der Waals surface area contributed by atoms with E-state index in [4.69, 9.17) is 0 Å². The number of carbonyl (C=O) groups is 2. The van der Waals surface area contributed by atoms with Crippen molar-refractivity contribution < 1.29 is 18.7 Å². The third-order valence-electron chi connectivity index (χ3n) is 4.60. The Hall–Kier alpha value is -2.87. The van der Waals surface area contributed by atoms with E-state index in [0.717, 1.165) is 25.2 Å². The Morgan fingerprint density at radius 3 is 2.33 bits per heavy atom. The number of benzene rings is 1. The Morgan fingerprint density at radius 1 is 1.21 bits per heavy atom. The highest BCUT2D eigenvalue weighted by Crippen LogP contribution is 2.21. The van der Waals surface area contributed by atoms with E-state index in [-0.39, 0.29) is 23.1 Å². The maximum Gasteiger partial charge on any atom is 0.293 e. The van der Waals surface area contributed by atoms with Crippen LogP contribution in [0.1, 0.15) is 62.9 Å². The summed E-state index contributed by atoms with van der Waals surface area (Å²) in [7, 11) is 2.01. The van der Waals surface area contributed by atoms with Gasteiger partial charge in [0.2, 0.25) is 0 Å². The SMILES string of the molecule is CC.CC(C)(C)OC=O.Cc1cc(-c2ccc(C(=O)NC3CCN(C)C3)c(F)c2)nc(C)n1. The largest absolute Gasteiger partial charge is 0.462 e. The smallest absolute Gasteiger partial charge is 0.293 e. The van der Waals surface area contributed by atoms with Crippen LogP contribution in [-0.2, 0) is 9.53 Å². The molecule has 7 nitrogen and oxygen atoms in total. The number of nitrogens with one attached hydrogen (secondary N) is 1. The fourth-order valence-electron chi connectivity index (χ4n) is 3.18. The van der Waals surface area contributed by atoms with Crippen LogP contribution in [0.3, 0.4) is 0 Å². The molecule has 2 aromatic rings. The minimum atomic E-state index is -0.537. The molecule has 182 valence electrons. The molecule has 3 rings (SSSR count). The zero-order valence-electron chi connectivity index (χ0n) is 21.0. The van der Waals surface area contributed by atoms with Crippen molar-refractivity contribution in [2.24, 2.45) is 0 Å². The molecule has 33 heavy (non-hydrogen) atoms. The van der Waals surface area contributed by atoms with E-state index in [0.29, 0.717) is 23.6 Å². The summed E-state index contributed by atoms with van der Waals surface area (Å²) in [5.74, 6) is -0.266. The van der Waals surface area contributed by atoms with Crippen LogP contribution in [0.4, 0.5) is 4.39 Å². The number of likely N-dealkylation sites (tertiary alicyclic amines) is 1. The molecule has 1 aromatic heterocycles. The highest BCUT2D eigenvalue weighted by molar-refractivity contribution is 5.95. The van der Waals surface area contributed by atoms with Crippen molar-refractivity contribution in [3.8, 4) is 11.3 Å². The fraction of sp³-hybridized carbons (Fsp3) is 0.520. The molecule has 0 radical (unpaired) electrons. The molecule has 8 heteroatoms. The van der Waals surface area contributed by atoms with Crippen molar-refractivity contribution in [2.75, 3.05) is 20.1 Å². The Bertz CT molecular complexity index is 908. The molecule has 1 amide bonds. The summed E-state index contributed by atoms with van der Waals surface area (Å²) < 4.78 is 19.0. The second kappa shape index (κ2) is 13.0. The maximum atomic E-state index is 14.4. The van der Waals surface area contributed by atoms with Crippen molar-refractivity contribution in [3.63, 3.8) is 0 Å². The molecule has 0 spiro atoms. The van der Waals surface area contributed by atoms with Crippen molar-refractivity contribution in [3.05, 3.63) is 47.2 Å². The number of hydrogen-bond donors (Lipinski definition) is 1. The number of hydrogen-bond acceptors (Lipinski definition) is 6. The molecule has 1 aliphatic heterocycles. The molecule has 1 N–H and O–H groups in total. The van der Waals surface area contributed by atoms with Crippen molar-refractivity contribution >= 4 is 12.4 Å². The van der Waals surface area contributed by atoms with Gasteiger partial charge in [-0.2, -0.15) is 0 Å². The minimum absolute atomic E-state index is 0.0656. The van der Waals surface area contributed by atoms with E-state index in [1.807, 2.05) is 48.6 Å². The molecular weight excluding hydrogens is 423 g/mol. The highest BCUT2D eigenvalue weighted by Gasteiger charge is 2.23. The zero-order valence-corrected chi connectivity index (χ0v) is 21.0. The van der Waals surface area contributed by atoms with Gasteiger partial charge in [-0.3, -0.25) is 9.59 Å². The predicted molar refractivity (Wildman–Crippen MR) is 129 cm³/mol.